The molecule has 2 aromatic rings. The molecule has 0 saturated carbocycles. The van der Waals surface area contributed by atoms with E-state index in [9.17, 15) is 18.0 Å². The number of nitrogens with zero attached hydrogens (tertiary/aromatic N) is 1. The minimum absolute atomic E-state index is 0.0512. The molecule has 1 heterocycles. The van der Waals surface area contributed by atoms with Gasteiger partial charge < -0.3 is 4.74 Å². The van der Waals surface area contributed by atoms with Gasteiger partial charge in [0.1, 0.15) is 5.69 Å². The average Bonchev–Trinajstić information content (AvgIpc) is 2.98. The number of esters is 1. The Morgan fingerprint density at radius 3 is 2.58 bits per heavy atom. The molecule has 0 spiro atoms. The van der Waals surface area contributed by atoms with Gasteiger partial charge >= 0.3 is 5.97 Å². The summed E-state index contributed by atoms with van der Waals surface area (Å²) >= 11 is 0. The monoisotopic (exact) mass is 347 g/mol. The van der Waals surface area contributed by atoms with E-state index in [0.29, 0.717) is 30.4 Å². The minimum Gasteiger partial charge on any atom is -0.461 e. The van der Waals surface area contributed by atoms with Crippen LogP contribution in [0.3, 0.4) is 0 Å². The van der Waals surface area contributed by atoms with Crippen LogP contribution < -0.4 is 0 Å². The number of ketones is 1. The van der Waals surface area contributed by atoms with Crippen molar-refractivity contribution in [2.24, 2.45) is 0 Å². The molecular formula is C17H17NO5S. The summed E-state index contributed by atoms with van der Waals surface area (Å²) < 4.78 is 31.8. The second kappa shape index (κ2) is 6.24. The summed E-state index contributed by atoms with van der Waals surface area (Å²) in [6, 6.07) is 7.81. The third-order valence-electron chi connectivity index (χ3n) is 3.98. The molecule has 0 fully saturated rings. The van der Waals surface area contributed by atoms with E-state index >= 15 is 0 Å². The SMILES string of the molecule is CCOC(=O)c1c2c(cn1S(=O)(=O)c1ccccc1)C(=O)CCC2. The largest absolute Gasteiger partial charge is 0.461 e. The summed E-state index contributed by atoms with van der Waals surface area (Å²) in [5.74, 6) is -0.878. The fraction of sp³-hybridized carbons (Fsp3) is 0.294. The zero-order valence-electron chi connectivity index (χ0n) is 13.2. The van der Waals surface area contributed by atoms with Crippen LogP contribution in [0, 0.1) is 0 Å². The molecule has 0 radical (unpaired) electrons. The Morgan fingerprint density at radius 1 is 1.21 bits per heavy atom. The maximum absolute atomic E-state index is 12.9. The minimum atomic E-state index is -3.99. The van der Waals surface area contributed by atoms with Gasteiger partial charge in [-0.3, -0.25) is 4.79 Å². The predicted molar refractivity (Wildman–Crippen MR) is 86.7 cm³/mol. The Labute approximate surface area is 140 Å². The van der Waals surface area contributed by atoms with E-state index in [1.165, 1.54) is 18.3 Å². The number of hydrogen-bond donors (Lipinski definition) is 0. The van der Waals surface area contributed by atoms with Gasteiger partial charge in [-0.2, -0.15) is 0 Å². The van der Waals surface area contributed by atoms with Gasteiger partial charge in [-0.15, -0.1) is 0 Å². The van der Waals surface area contributed by atoms with Crippen molar-refractivity contribution in [1.29, 1.82) is 0 Å². The van der Waals surface area contributed by atoms with Crippen molar-refractivity contribution < 1.29 is 22.7 Å². The Bertz CT molecular complexity index is 897. The van der Waals surface area contributed by atoms with Crippen LogP contribution >= 0.6 is 0 Å². The normalized spacial score (nSPS) is 14.3. The van der Waals surface area contributed by atoms with Crippen molar-refractivity contribution in [3.8, 4) is 0 Å². The van der Waals surface area contributed by atoms with Crippen molar-refractivity contribution in [3.05, 3.63) is 53.3 Å². The van der Waals surface area contributed by atoms with E-state index in [-0.39, 0.29) is 23.0 Å². The average molecular weight is 347 g/mol. The highest BCUT2D eigenvalue weighted by Gasteiger charge is 2.33. The van der Waals surface area contributed by atoms with E-state index in [2.05, 4.69) is 0 Å². The smallest absolute Gasteiger partial charge is 0.356 e. The molecule has 7 heteroatoms. The van der Waals surface area contributed by atoms with Gasteiger partial charge in [0.25, 0.3) is 10.0 Å². The molecule has 1 aromatic carbocycles. The predicted octanol–water partition coefficient (Wildman–Crippen LogP) is 2.42. The number of hydrogen-bond acceptors (Lipinski definition) is 5. The summed E-state index contributed by atoms with van der Waals surface area (Å²) in [6.07, 6.45) is 2.68. The van der Waals surface area contributed by atoms with Crippen molar-refractivity contribution in [3.63, 3.8) is 0 Å². The molecule has 0 unspecified atom stereocenters. The van der Waals surface area contributed by atoms with E-state index in [4.69, 9.17) is 4.74 Å². The van der Waals surface area contributed by atoms with Gasteiger partial charge in [0.15, 0.2) is 5.78 Å². The summed E-state index contributed by atoms with van der Waals surface area (Å²) in [6.45, 7) is 1.77. The summed E-state index contributed by atoms with van der Waals surface area (Å²) in [5, 5.41) is 0. The number of aromatic nitrogens is 1. The standard InChI is InChI=1S/C17H17NO5S/c1-2-23-17(20)16-13-9-6-10-15(19)14(13)11-18(16)24(21,22)12-7-4-3-5-8-12/h3-5,7-8,11H,2,6,9-10H2,1H3. The molecule has 126 valence electrons. The first-order valence-corrected chi connectivity index (χ1v) is 9.16. The molecule has 0 amide bonds. The van der Waals surface area contributed by atoms with Gasteiger partial charge in [-0.05, 0) is 37.5 Å². The number of fused-ring (bicyclic) bond motifs is 1. The van der Waals surface area contributed by atoms with Crippen LogP contribution in [0.15, 0.2) is 41.4 Å². The fourth-order valence-electron chi connectivity index (χ4n) is 2.88. The van der Waals surface area contributed by atoms with Crippen molar-refractivity contribution >= 4 is 21.8 Å². The first-order chi connectivity index (χ1) is 11.5. The van der Waals surface area contributed by atoms with Gasteiger partial charge in [-0.1, -0.05) is 18.2 Å². The van der Waals surface area contributed by atoms with E-state index in [0.717, 1.165) is 3.97 Å². The first kappa shape index (κ1) is 16.4. The Kier molecular flexibility index (Phi) is 4.28. The lowest BCUT2D eigenvalue weighted by Gasteiger charge is -2.13. The molecular weight excluding hydrogens is 330 g/mol. The molecule has 6 nitrogen and oxygen atoms in total. The highest BCUT2D eigenvalue weighted by Crippen LogP contribution is 2.30. The summed E-state index contributed by atoms with van der Waals surface area (Å²) in [5.41, 5.74) is 0.691. The number of carbonyl (C=O) groups is 2. The van der Waals surface area contributed by atoms with Crippen LogP contribution in [0.5, 0.6) is 0 Å². The molecule has 0 N–H and O–H groups in total. The number of benzene rings is 1. The summed E-state index contributed by atoms with van der Waals surface area (Å²) in [7, 11) is -3.99. The summed E-state index contributed by atoms with van der Waals surface area (Å²) in [4.78, 5) is 24.6. The maximum atomic E-state index is 12.9. The van der Waals surface area contributed by atoms with E-state index < -0.39 is 16.0 Å². The van der Waals surface area contributed by atoms with Crippen molar-refractivity contribution in [2.45, 2.75) is 31.1 Å². The number of carbonyl (C=O) groups excluding carboxylic acids is 2. The Morgan fingerprint density at radius 2 is 1.92 bits per heavy atom. The molecule has 0 atom stereocenters. The third-order valence-corrected chi connectivity index (χ3v) is 5.65. The lowest BCUT2D eigenvalue weighted by molar-refractivity contribution is 0.0517. The highest BCUT2D eigenvalue weighted by atomic mass is 32.2. The van der Waals surface area contributed by atoms with E-state index in [1.807, 2.05) is 0 Å². The zero-order chi connectivity index (χ0) is 17.3. The molecule has 0 bridgehead atoms. The van der Waals surface area contributed by atoms with Crippen LogP contribution in [0.2, 0.25) is 0 Å². The number of Topliss-reactive ketones (excluding diaryl/α,β-unsaturated/α-hetero) is 1. The molecule has 0 saturated heterocycles. The van der Waals surface area contributed by atoms with Crippen LogP contribution in [-0.2, 0) is 21.2 Å². The quantitative estimate of drug-likeness (QED) is 0.793. The lowest BCUT2D eigenvalue weighted by atomic mass is 9.93. The first-order valence-electron chi connectivity index (χ1n) is 7.72. The maximum Gasteiger partial charge on any atom is 0.356 e. The van der Waals surface area contributed by atoms with Gasteiger partial charge in [0.05, 0.1) is 11.5 Å². The Balaban J connectivity index is 2.24. The molecule has 24 heavy (non-hydrogen) atoms. The topological polar surface area (TPSA) is 82.4 Å². The fourth-order valence-corrected chi connectivity index (χ4v) is 4.28. The van der Waals surface area contributed by atoms with Gasteiger partial charge in [-0.25, -0.2) is 17.2 Å². The van der Waals surface area contributed by atoms with Gasteiger partial charge in [0, 0.05) is 18.2 Å². The molecule has 3 rings (SSSR count). The second-order valence-corrected chi connectivity index (χ2v) is 7.30. The lowest BCUT2D eigenvalue weighted by Crippen LogP contribution is -2.20. The number of rotatable bonds is 4. The second-order valence-electron chi connectivity index (χ2n) is 5.48. The van der Waals surface area contributed by atoms with Crippen LogP contribution in [0.25, 0.3) is 0 Å². The zero-order valence-corrected chi connectivity index (χ0v) is 14.0. The van der Waals surface area contributed by atoms with E-state index in [1.54, 1.807) is 25.1 Å². The van der Waals surface area contributed by atoms with Crippen LogP contribution in [0.4, 0.5) is 0 Å². The van der Waals surface area contributed by atoms with Gasteiger partial charge in [0.2, 0.25) is 0 Å². The molecule has 1 aliphatic carbocycles. The van der Waals surface area contributed by atoms with Crippen LogP contribution in [-0.4, -0.2) is 30.7 Å². The van der Waals surface area contributed by atoms with Crippen molar-refractivity contribution in [2.75, 3.05) is 6.61 Å². The van der Waals surface area contributed by atoms with Crippen LogP contribution in [0.1, 0.15) is 46.2 Å². The van der Waals surface area contributed by atoms with Crippen molar-refractivity contribution in [1.82, 2.24) is 3.97 Å². The highest BCUT2D eigenvalue weighted by molar-refractivity contribution is 7.90. The third kappa shape index (κ3) is 2.65. The molecule has 1 aliphatic rings. The molecule has 0 aliphatic heterocycles. The number of ether oxygens (including phenoxy) is 1. The Hall–Kier alpha value is -2.41. The molecule has 1 aromatic heterocycles.